The van der Waals surface area contributed by atoms with Gasteiger partial charge >= 0.3 is 0 Å². The molecule has 0 fully saturated rings. The van der Waals surface area contributed by atoms with E-state index in [2.05, 4.69) is 34.5 Å². The molecule has 1 rings (SSSR count). The van der Waals surface area contributed by atoms with E-state index in [-0.39, 0.29) is 24.0 Å². The van der Waals surface area contributed by atoms with Gasteiger partial charge in [-0.3, -0.25) is 4.99 Å². The average molecular weight is 482 g/mol. The number of nitrogens with one attached hydrogen (secondary N) is 2. The van der Waals surface area contributed by atoms with Gasteiger partial charge in [0.2, 0.25) is 0 Å². The van der Waals surface area contributed by atoms with E-state index in [1.165, 1.54) is 6.26 Å². The Morgan fingerprint density at radius 1 is 1.16 bits per heavy atom. The van der Waals surface area contributed by atoms with Gasteiger partial charge in [0.05, 0.1) is 11.4 Å². The zero-order chi connectivity index (χ0) is 18.0. The minimum Gasteiger partial charge on any atom is -0.357 e. The van der Waals surface area contributed by atoms with Crippen molar-refractivity contribution in [2.75, 3.05) is 46.0 Å². The summed E-state index contributed by atoms with van der Waals surface area (Å²) in [6.07, 6.45) is 2.03. The Labute approximate surface area is 169 Å². The Kier molecular flexibility index (Phi) is 12.0. The lowest BCUT2D eigenvalue weighted by atomic mass is 10.1. The normalized spacial score (nSPS) is 12.0. The van der Waals surface area contributed by atoms with E-state index < -0.39 is 9.84 Å². The number of aliphatic imine (C=N–C) groups is 1. The Hall–Kier alpha value is -0.870. The van der Waals surface area contributed by atoms with Crippen LogP contribution in [-0.2, 0) is 16.3 Å². The second-order valence-corrected chi connectivity index (χ2v) is 7.77. The topological polar surface area (TPSA) is 73.8 Å². The summed E-state index contributed by atoms with van der Waals surface area (Å²) in [5.74, 6) is 0.815. The Morgan fingerprint density at radius 2 is 1.80 bits per heavy atom. The number of hydrogen-bond donors (Lipinski definition) is 2. The average Bonchev–Trinajstić information content (AvgIpc) is 2.54. The molecule has 0 unspecified atom stereocenters. The molecule has 25 heavy (non-hydrogen) atoms. The summed E-state index contributed by atoms with van der Waals surface area (Å²) in [4.78, 5) is 7.13. The molecule has 0 spiro atoms. The van der Waals surface area contributed by atoms with Gasteiger partial charge in [0.25, 0.3) is 0 Å². The third kappa shape index (κ3) is 10.0. The smallest absolute Gasteiger partial charge is 0.191 e. The lowest BCUT2D eigenvalue weighted by Gasteiger charge is -2.14. The van der Waals surface area contributed by atoms with E-state index in [1.54, 1.807) is 12.1 Å². The number of sulfone groups is 1. The molecule has 0 saturated carbocycles. The minimum atomic E-state index is -3.13. The molecule has 0 aromatic heterocycles. The van der Waals surface area contributed by atoms with Gasteiger partial charge in [-0.25, -0.2) is 8.42 Å². The first-order valence-electron chi connectivity index (χ1n) is 8.36. The molecule has 1 aromatic carbocycles. The predicted molar refractivity (Wildman–Crippen MR) is 116 cm³/mol. The number of benzene rings is 1. The first kappa shape index (κ1) is 24.1. The number of likely N-dealkylation sites (N-methyl/N-ethyl adjacent to an activating group) is 1. The second kappa shape index (κ2) is 12.5. The highest BCUT2D eigenvalue weighted by molar-refractivity contribution is 14.0. The lowest BCUT2D eigenvalue weighted by Crippen LogP contribution is -2.38. The molecule has 0 saturated heterocycles. The van der Waals surface area contributed by atoms with E-state index in [0.29, 0.717) is 4.90 Å². The fourth-order valence-corrected chi connectivity index (χ4v) is 2.69. The number of hydrogen-bond acceptors (Lipinski definition) is 4. The van der Waals surface area contributed by atoms with Crippen LogP contribution in [0.5, 0.6) is 0 Å². The predicted octanol–water partition coefficient (Wildman–Crippen LogP) is 1.76. The molecule has 0 heterocycles. The van der Waals surface area contributed by atoms with Crippen LogP contribution < -0.4 is 10.6 Å². The molecule has 0 atom stereocenters. The summed E-state index contributed by atoms with van der Waals surface area (Å²) in [5.41, 5.74) is 1.09. The SMILES string of the molecule is CCNC(=NCCN(C)CC)NCCc1ccc(S(C)(=O)=O)cc1.I. The number of nitrogens with zero attached hydrogens (tertiary/aromatic N) is 2. The van der Waals surface area contributed by atoms with Crippen molar-refractivity contribution in [1.29, 1.82) is 0 Å². The van der Waals surface area contributed by atoms with Crippen LogP contribution >= 0.6 is 24.0 Å². The van der Waals surface area contributed by atoms with Gasteiger partial charge in [0.1, 0.15) is 0 Å². The highest BCUT2D eigenvalue weighted by atomic mass is 127. The maximum Gasteiger partial charge on any atom is 0.191 e. The highest BCUT2D eigenvalue weighted by Crippen LogP contribution is 2.10. The van der Waals surface area contributed by atoms with Gasteiger partial charge in [0.15, 0.2) is 15.8 Å². The summed E-state index contributed by atoms with van der Waals surface area (Å²) in [7, 11) is -1.05. The van der Waals surface area contributed by atoms with Gasteiger partial charge in [-0.05, 0) is 44.6 Å². The summed E-state index contributed by atoms with van der Waals surface area (Å²) >= 11 is 0. The van der Waals surface area contributed by atoms with E-state index in [0.717, 1.165) is 50.7 Å². The van der Waals surface area contributed by atoms with Crippen molar-refractivity contribution >= 4 is 39.8 Å². The van der Waals surface area contributed by atoms with Gasteiger partial charge in [-0.15, -0.1) is 24.0 Å². The second-order valence-electron chi connectivity index (χ2n) is 5.75. The molecule has 144 valence electrons. The molecule has 2 N–H and O–H groups in total. The monoisotopic (exact) mass is 482 g/mol. The van der Waals surface area contributed by atoms with Crippen LogP contribution in [0.25, 0.3) is 0 Å². The maximum atomic E-state index is 11.4. The van der Waals surface area contributed by atoms with Gasteiger partial charge < -0.3 is 15.5 Å². The Balaban J connectivity index is 0.00000576. The molecule has 0 radical (unpaired) electrons. The third-order valence-corrected chi connectivity index (χ3v) is 4.82. The quantitative estimate of drug-likeness (QED) is 0.319. The maximum absolute atomic E-state index is 11.4. The third-order valence-electron chi connectivity index (χ3n) is 3.69. The zero-order valence-electron chi connectivity index (χ0n) is 15.6. The number of rotatable bonds is 9. The van der Waals surface area contributed by atoms with E-state index in [9.17, 15) is 8.42 Å². The molecular formula is C17H31IN4O2S. The largest absolute Gasteiger partial charge is 0.357 e. The minimum absolute atomic E-state index is 0. The van der Waals surface area contributed by atoms with Crippen LogP contribution in [0.1, 0.15) is 19.4 Å². The van der Waals surface area contributed by atoms with Crippen LogP contribution in [0.15, 0.2) is 34.2 Å². The van der Waals surface area contributed by atoms with E-state index >= 15 is 0 Å². The molecule has 8 heteroatoms. The van der Waals surface area contributed by atoms with Crippen molar-refractivity contribution in [2.24, 2.45) is 4.99 Å². The summed E-state index contributed by atoms with van der Waals surface area (Å²) < 4.78 is 22.9. The fourth-order valence-electron chi connectivity index (χ4n) is 2.06. The van der Waals surface area contributed by atoms with Crippen LogP contribution in [0, 0.1) is 0 Å². The summed E-state index contributed by atoms with van der Waals surface area (Å²) in [6, 6.07) is 7.03. The first-order valence-corrected chi connectivity index (χ1v) is 10.3. The van der Waals surface area contributed by atoms with Crippen LogP contribution in [0.3, 0.4) is 0 Å². The van der Waals surface area contributed by atoms with Crippen molar-refractivity contribution in [1.82, 2.24) is 15.5 Å². The first-order chi connectivity index (χ1) is 11.4. The molecule has 0 aliphatic rings. The van der Waals surface area contributed by atoms with Crippen LogP contribution in [-0.4, -0.2) is 65.3 Å². The van der Waals surface area contributed by atoms with Gasteiger partial charge in [-0.2, -0.15) is 0 Å². The van der Waals surface area contributed by atoms with Crippen molar-refractivity contribution in [3.63, 3.8) is 0 Å². The number of halogens is 1. The standard InChI is InChI=1S/C17H30N4O2S.HI/c1-5-18-17(20-13-14-21(3)6-2)19-12-11-15-7-9-16(10-8-15)24(4,22)23;/h7-10H,5-6,11-14H2,1-4H3,(H2,18,19,20);1H. The molecule has 1 aromatic rings. The van der Waals surface area contributed by atoms with Gasteiger partial charge in [-0.1, -0.05) is 19.1 Å². The van der Waals surface area contributed by atoms with Gasteiger partial charge in [0, 0.05) is 25.9 Å². The Morgan fingerprint density at radius 3 is 2.32 bits per heavy atom. The van der Waals surface area contributed by atoms with Crippen LogP contribution in [0.4, 0.5) is 0 Å². The molecule has 0 aliphatic carbocycles. The molecule has 0 bridgehead atoms. The fraction of sp³-hybridized carbons (Fsp3) is 0.588. The summed E-state index contributed by atoms with van der Waals surface area (Å²) in [5, 5.41) is 6.54. The number of guanidine groups is 1. The van der Waals surface area contributed by atoms with E-state index in [1.807, 2.05) is 19.1 Å². The molecule has 0 aliphatic heterocycles. The molecule has 6 nitrogen and oxygen atoms in total. The van der Waals surface area contributed by atoms with E-state index in [4.69, 9.17) is 0 Å². The van der Waals surface area contributed by atoms with Crippen LogP contribution in [0.2, 0.25) is 0 Å². The highest BCUT2D eigenvalue weighted by Gasteiger charge is 2.06. The van der Waals surface area contributed by atoms with Crippen molar-refractivity contribution in [3.8, 4) is 0 Å². The molecular weight excluding hydrogens is 451 g/mol. The Bertz CT molecular complexity index is 618. The zero-order valence-corrected chi connectivity index (χ0v) is 18.7. The molecule has 0 amide bonds. The van der Waals surface area contributed by atoms with Crippen molar-refractivity contribution in [3.05, 3.63) is 29.8 Å². The van der Waals surface area contributed by atoms with Crippen molar-refractivity contribution < 1.29 is 8.42 Å². The summed E-state index contributed by atoms with van der Waals surface area (Å²) in [6.45, 7) is 8.43. The lowest BCUT2D eigenvalue weighted by molar-refractivity contribution is 0.363. The van der Waals surface area contributed by atoms with Crippen molar-refractivity contribution in [2.45, 2.75) is 25.2 Å².